The molecule has 31 heavy (non-hydrogen) atoms. The van der Waals surface area contributed by atoms with E-state index in [4.69, 9.17) is 0 Å². The van der Waals surface area contributed by atoms with Gasteiger partial charge in [0.2, 0.25) is 0 Å². The van der Waals surface area contributed by atoms with Crippen molar-refractivity contribution in [1.29, 1.82) is 0 Å². The second-order valence-electron chi connectivity index (χ2n) is 8.04. The number of esters is 4. The molecule has 0 radical (unpaired) electrons. The predicted octanol–water partition coefficient (Wildman–Crippen LogP) is 3.17. The average Bonchev–Trinajstić information content (AvgIpc) is 3.09. The van der Waals surface area contributed by atoms with Crippen LogP contribution in [0.25, 0.3) is 0 Å². The lowest BCUT2D eigenvalue weighted by Crippen LogP contribution is -2.60. The molecule has 0 N–H and O–H groups in total. The highest BCUT2D eigenvalue weighted by atomic mass is 19.4. The Hall–Kier alpha value is -2.66. The molecule has 3 fully saturated rings. The number of hydrogen-bond donors (Lipinski definition) is 0. The van der Waals surface area contributed by atoms with Crippen LogP contribution in [-0.4, -0.2) is 36.2 Å². The van der Waals surface area contributed by atoms with Crippen LogP contribution in [0.2, 0.25) is 0 Å². The van der Waals surface area contributed by atoms with Crippen molar-refractivity contribution in [3.05, 3.63) is 23.3 Å². The molecule has 0 aromatic rings. The molecule has 1 saturated carbocycles. The first-order valence-electron chi connectivity index (χ1n) is 9.37. The van der Waals surface area contributed by atoms with Crippen LogP contribution in [0.3, 0.4) is 0 Å². The first-order valence-corrected chi connectivity index (χ1v) is 9.37. The van der Waals surface area contributed by atoms with Gasteiger partial charge in [-0.2, -0.15) is 26.3 Å². The second kappa shape index (κ2) is 6.67. The van der Waals surface area contributed by atoms with Gasteiger partial charge in [0.25, 0.3) is 0 Å². The van der Waals surface area contributed by atoms with E-state index in [2.05, 4.69) is 9.47 Å². The third-order valence-corrected chi connectivity index (χ3v) is 6.68. The Balaban J connectivity index is 1.82. The van der Waals surface area contributed by atoms with Crippen LogP contribution in [-0.2, 0) is 28.7 Å². The van der Waals surface area contributed by atoms with Gasteiger partial charge in [-0.25, -0.2) is 9.59 Å². The van der Waals surface area contributed by atoms with E-state index < -0.39 is 90.2 Å². The predicted molar refractivity (Wildman–Crippen MR) is 85.3 cm³/mol. The Bertz CT molecular complexity index is 929. The van der Waals surface area contributed by atoms with Crippen molar-refractivity contribution < 1.29 is 55.0 Å². The highest BCUT2D eigenvalue weighted by Crippen LogP contribution is 2.65. The number of allylic oxidation sites excluding steroid dienone is 2. The lowest BCUT2D eigenvalue weighted by molar-refractivity contribution is -0.375. The molecule has 168 valence electrons. The molecule has 4 rings (SSSR count). The van der Waals surface area contributed by atoms with E-state index in [0.717, 1.165) is 6.08 Å². The number of carbonyl (C=O) groups is 4. The van der Waals surface area contributed by atoms with Crippen molar-refractivity contribution in [2.75, 3.05) is 0 Å². The van der Waals surface area contributed by atoms with Crippen molar-refractivity contribution in [1.82, 2.24) is 0 Å². The number of fused-ring (bicyclic) bond motifs is 2. The van der Waals surface area contributed by atoms with E-state index in [1.807, 2.05) is 0 Å². The molecule has 4 atom stereocenters. The molecule has 0 aromatic carbocycles. The van der Waals surface area contributed by atoms with Gasteiger partial charge < -0.3 is 9.47 Å². The van der Waals surface area contributed by atoms with E-state index in [9.17, 15) is 45.5 Å². The Kier molecular flexibility index (Phi) is 4.64. The monoisotopic (exact) mass is 452 g/mol. The Labute approximate surface area is 170 Å². The quantitative estimate of drug-likeness (QED) is 0.364. The van der Waals surface area contributed by atoms with Crippen LogP contribution in [0.4, 0.5) is 26.3 Å². The van der Waals surface area contributed by atoms with Crippen LogP contribution in [0.5, 0.6) is 0 Å². The van der Waals surface area contributed by atoms with E-state index >= 15 is 0 Å². The Morgan fingerprint density at radius 3 is 1.97 bits per heavy atom. The number of rotatable bonds is 2. The van der Waals surface area contributed by atoms with Gasteiger partial charge >= 0.3 is 36.2 Å². The van der Waals surface area contributed by atoms with Crippen molar-refractivity contribution in [3.8, 4) is 0 Å². The fourth-order valence-corrected chi connectivity index (χ4v) is 5.32. The molecule has 0 spiro atoms. The summed E-state index contributed by atoms with van der Waals surface area (Å²) in [5.74, 6) is -11.3. The van der Waals surface area contributed by atoms with Crippen LogP contribution < -0.4 is 0 Å². The topological polar surface area (TPSA) is 86.7 Å². The number of cyclic esters (lactones) is 4. The second-order valence-corrected chi connectivity index (χ2v) is 8.04. The summed E-state index contributed by atoms with van der Waals surface area (Å²) >= 11 is 0. The minimum Gasteiger partial charge on any atom is -0.393 e. The minimum absolute atomic E-state index is 0.362. The normalized spacial score (nSPS) is 31.5. The van der Waals surface area contributed by atoms with E-state index in [1.165, 1.54) is 0 Å². The number of alkyl halides is 6. The number of halogens is 6. The molecule has 2 saturated heterocycles. The van der Waals surface area contributed by atoms with Gasteiger partial charge in [-0.3, -0.25) is 9.59 Å². The molecule has 2 heterocycles. The summed E-state index contributed by atoms with van der Waals surface area (Å²) in [4.78, 5) is 46.9. The summed E-state index contributed by atoms with van der Waals surface area (Å²) in [6, 6.07) is 0. The van der Waals surface area contributed by atoms with Crippen LogP contribution in [0.15, 0.2) is 23.3 Å². The first-order chi connectivity index (χ1) is 14.3. The van der Waals surface area contributed by atoms with Gasteiger partial charge in [0.15, 0.2) is 5.41 Å². The van der Waals surface area contributed by atoms with Gasteiger partial charge in [-0.05, 0) is 31.6 Å². The molecule has 2 aliphatic heterocycles. The summed E-state index contributed by atoms with van der Waals surface area (Å²) in [5.41, 5.74) is -5.31. The van der Waals surface area contributed by atoms with Gasteiger partial charge in [0, 0.05) is 5.92 Å². The molecule has 4 unspecified atom stereocenters. The highest BCUT2D eigenvalue weighted by Gasteiger charge is 2.77. The molecule has 0 bridgehead atoms. The number of ether oxygens (including phenoxy) is 2. The Morgan fingerprint density at radius 1 is 0.774 bits per heavy atom. The fraction of sp³-hybridized carbons (Fsp3) is 0.579. The molecular formula is C19H14F6O6. The highest BCUT2D eigenvalue weighted by molar-refractivity contribution is 6.18. The van der Waals surface area contributed by atoms with Crippen molar-refractivity contribution in [2.24, 2.45) is 29.1 Å². The SMILES string of the molecule is O=C1OC(=O)C2=CC(C(C3CCC4C(=O)OC(=O)C4C3)(C(F)(F)F)C(F)(F)F)CC=C12. The lowest BCUT2D eigenvalue weighted by Gasteiger charge is -2.49. The summed E-state index contributed by atoms with van der Waals surface area (Å²) in [6.45, 7) is 0. The molecular weight excluding hydrogens is 438 g/mol. The molecule has 0 aromatic heterocycles. The van der Waals surface area contributed by atoms with Gasteiger partial charge in [-0.15, -0.1) is 0 Å². The maximum absolute atomic E-state index is 14.3. The fourth-order valence-electron chi connectivity index (χ4n) is 5.32. The van der Waals surface area contributed by atoms with E-state index in [1.54, 1.807) is 0 Å². The third kappa shape index (κ3) is 2.93. The summed E-state index contributed by atoms with van der Waals surface area (Å²) < 4.78 is 94.7. The molecule has 4 aliphatic rings. The minimum atomic E-state index is -5.81. The summed E-state index contributed by atoms with van der Waals surface area (Å²) in [6.07, 6.45) is -12.9. The molecule has 12 heteroatoms. The summed E-state index contributed by atoms with van der Waals surface area (Å²) in [7, 11) is 0. The smallest absolute Gasteiger partial charge is 0.393 e. The zero-order valence-corrected chi connectivity index (χ0v) is 15.5. The molecule has 6 nitrogen and oxygen atoms in total. The van der Waals surface area contributed by atoms with E-state index in [0.29, 0.717) is 6.08 Å². The third-order valence-electron chi connectivity index (χ3n) is 6.68. The van der Waals surface area contributed by atoms with Crippen molar-refractivity contribution >= 4 is 23.9 Å². The van der Waals surface area contributed by atoms with E-state index in [-0.39, 0.29) is 12.0 Å². The van der Waals surface area contributed by atoms with Gasteiger partial charge in [0.05, 0.1) is 23.0 Å². The van der Waals surface area contributed by atoms with Crippen LogP contribution in [0, 0.1) is 29.1 Å². The maximum Gasteiger partial charge on any atom is 0.404 e. The van der Waals surface area contributed by atoms with Crippen molar-refractivity contribution in [2.45, 2.75) is 38.0 Å². The van der Waals surface area contributed by atoms with Crippen LogP contribution in [0.1, 0.15) is 25.7 Å². The molecule has 2 aliphatic carbocycles. The van der Waals surface area contributed by atoms with Gasteiger partial charge in [0.1, 0.15) is 0 Å². The maximum atomic E-state index is 14.3. The van der Waals surface area contributed by atoms with Crippen LogP contribution >= 0.6 is 0 Å². The Morgan fingerprint density at radius 2 is 1.35 bits per heavy atom. The first kappa shape index (κ1) is 21.6. The average molecular weight is 452 g/mol. The number of carbonyl (C=O) groups excluding carboxylic acids is 4. The lowest BCUT2D eigenvalue weighted by atomic mass is 9.56. The number of hydrogen-bond acceptors (Lipinski definition) is 6. The standard InChI is InChI=1S/C19H14F6O6/c20-18(21,22)17(19(23,24)25,7-1-3-9-11(5-7)15(28)30-13(9)26)8-2-4-10-12(6-8)16(29)31-14(10)27/h3,5,7-8,10,12H,1-2,4,6H2. The largest absolute Gasteiger partial charge is 0.404 e. The zero-order valence-electron chi connectivity index (χ0n) is 15.5. The van der Waals surface area contributed by atoms with Crippen molar-refractivity contribution in [3.63, 3.8) is 0 Å². The summed E-state index contributed by atoms with van der Waals surface area (Å²) in [5, 5.41) is 0. The van der Waals surface area contributed by atoms with Gasteiger partial charge in [-0.1, -0.05) is 12.2 Å². The molecule has 0 amide bonds. The zero-order chi connectivity index (χ0) is 22.9.